The van der Waals surface area contributed by atoms with Crippen LogP contribution < -0.4 is 5.43 Å². The van der Waals surface area contributed by atoms with E-state index in [0.717, 1.165) is 35.5 Å². The van der Waals surface area contributed by atoms with Crippen LogP contribution in [0.25, 0.3) is 22.2 Å². The summed E-state index contributed by atoms with van der Waals surface area (Å²) in [6, 6.07) is 3.51. The first kappa shape index (κ1) is 23.6. The Balaban J connectivity index is 0.00000126. The molecule has 4 aromatic rings. The first-order chi connectivity index (χ1) is 16.0. The van der Waals surface area contributed by atoms with Crippen LogP contribution in [-0.4, -0.2) is 25.0 Å². The molecule has 33 heavy (non-hydrogen) atoms. The average Bonchev–Trinajstić information content (AvgIpc) is 3.32. The fourth-order valence-corrected chi connectivity index (χ4v) is 5.48. The highest BCUT2D eigenvalue weighted by Gasteiger charge is 2.27. The van der Waals surface area contributed by atoms with Crippen LogP contribution in [0.15, 0.2) is 39.6 Å². The summed E-state index contributed by atoms with van der Waals surface area (Å²) in [4.78, 5) is 18.3. The number of thioether (sulfide) groups is 1. The Morgan fingerprint density at radius 1 is 1.33 bits per heavy atom. The van der Waals surface area contributed by atoms with Gasteiger partial charge < -0.3 is 4.57 Å². The van der Waals surface area contributed by atoms with Crippen molar-refractivity contribution in [1.82, 2.24) is 25.0 Å². The van der Waals surface area contributed by atoms with Crippen LogP contribution in [0, 0.1) is 5.82 Å². The summed E-state index contributed by atoms with van der Waals surface area (Å²) in [5.74, 6) is 0.654. The fourth-order valence-electron chi connectivity index (χ4n) is 3.60. The van der Waals surface area contributed by atoms with Crippen molar-refractivity contribution in [3.63, 3.8) is 0 Å². The molecular weight excluding hydrogens is 457 g/mol. The van der Waals surface area contributed by atoms with E-state index in [4.69, 9.17) is 4.98 Å². The summed E-state index contributed by atoms with van der Waals surface area (Å²) in [5, 5.41) is 13.9. The Bertz CT molecular complexity index is 1290. The van der Waals surface area contributed by atoms with Crippen molar-refractivity contribution in [2.45, 2.75) is 69.6 Å². The number of aromatic nitrogens is 5. The summed E-state index contributed by atoms with van der Waals surface area (Å²) in [5.41, 5.74) is 2.55. The number of rotatable bonds is 7. The highest BCUT2D eigenvalue weighted by molar-refractivity contribution is 7.98. The summed E-state index contributed by atoms with van der Waals surface area (Å²) in [6.45, 7) is 8.32. The zero-order valence-electron chi connectivity index (χ0n) is 19.3. The van der Waals surface area contributed by atoms with Gasteiger partial charge in [-0.25, -0.2) is 9.37 Å². The zero-order chi connectivity index (χ0) is 23.5. The number of nitrogens with zero attached hydrogens (tertiary/aromatic N) is 4. The van der Waals surface area contributed by atoms with Gasteiger partial charge in [0.05, 0.1) is 28.7 Å². The number of aromatic amines is 1. The molecule has 1 aliphatic rings. The molecule has 1 fully saturated rings. The highest BCUT2D eigenvalue weighted by atomic mass is 32.2. The minimum absolute atomic E-state index is 0.227. The molecule has 1 N–H and O–H groups in total. The number of hydrogen-bond acceptors (Lipinski definition) is 6. The summed E-state index contributed by atoms with van der Waals surface area (Å²) < 4.78 is 17.1. The third-order valence-electron chi connectivity index (χ3n) is 5.75. The minimum Gasteiger partial charge on any atom is -0.343 e. The van der Waals surface area contributed by atoms with E-state index in [0.29, 0.717) is 39.3 Å². The van der Waals surface area contributed by atoms with Gasteiger partial charge in [-0.2, -0.15) is 15.4 Å². The number of pyridine rings is 1. The van der Waals surface area contributed by atoms with Gasteiger partial charge in [0, 0.05) is 27.9 Å². The maximum atomic E-state index is 15.0. The maximum Gasteiger partial charge on any atom is 0.199 e. The van der Waals surface area contributed by atoms with Gasteiger partial charge in [-0.05, 0) is 37.3 Å². The third-order valence-corrected chi connectivity index (χ3v) is 7.85. The normalized spacial score (nSPS) is 14.2. The molecule has 174 valence electrons. The minimum atomic E-state index is -0.382. The van der Waals surface area contributed by atoms with E-state index in [-0.39, 0.29) is 11.2 Å². The summed E-state index contributed by atoms with van der Waals surface area (Å²) in [6.07, 6.45) is 6.50. The molecule has 1 aromatic carbocycles. The molecule has 1 aliphatic carbocycles. The maximum absolute atomic E-state index is 15.0. The second kappa shape index (κ2) is 10.2. The number of H-pyrrole nitrogens is 1. The number of fused-ring (bicyclic) bond motifs is 1. The van der Waals surface area contributed by atoms with Crippen molar-refractivity contribution < 1.29 is 4.39 Å². The Labute approximate surface area is 200 Å². The zero-order valence-corrected chi connectivity index (χ0v) is 20.9. The van der Waals surface area contributed by atoms with E-state index in [2.05, 4.69) is 39.2 Å². The molecule has 6 nitrogen and oxygen atoms in total. The first-order valence-corrected chi connectivity index (χ1v) is 13.2. The standard InChI is InChI=1S/C22H22FN5OS2.C2H6/c1-3-12(2)18-10-31-21(25-18)11-30-20-7-19-14(6-16(20)23)22(29)15(17-8-24-27-26-17)9-28(19)13-4-5-13;1-2/h6-10,12-13H,3-5,11H2,1-2H3,(H,24,26,27);1-2H3. The molecule has 0 bridgehead atoms. The van der Waals surface area contributed by atoms with Crippen molar-refractivity contribution in [3.05, 3.63) is 56.6 Å². The largest absolute Gasteiger partial charge is 0.343 e. The molecule has 0 spiro atoms. The quantitative estimate of drug-likeness (QED) is 0.300. The Hall–Kier alpha value is -2.52. The molecule has 9 heteroatoms. The average molecular weight is 486 g/mol. The lowest BCUT2D eigenvalue weighted by molar-refractivity contribution is 0.603. The third kappa shape index (κ3) is 4.89. The lowest BCUT2D eigenvalue weighted by atomic mass is 10.1. The van der Waals surface area contributed by atoms with Crippen LogP contribution in [0.1, 0.15) is 69.6 Å². The molecule has 3 heterocycles. The van der Waals surface area contributed by atoms with E-state index in [1.165, 1.54) is 24.0 Å². The molecule has 0 saturated heterocycles. The van der Waals surface area contributed by atoms with Crippen molar-refractivity contribution in [3.8, 4) is 11.3 Å². The van der Waals surface area contributed by atoms with Gasteiger partial charge in [-0.15, -0.1) is 23.1 Å². The van der Waals surface area contributed by atoms with Gasteiger partial charge in [-0.1, -0.05) is 27.7 Å². The number of hydrogen-bond donors (Lipinski definition) is 1. The molecule has 1 atom stereocenters. The lowest BCUT2D eigenvalue weighted by Crippen LogP contribution is -2.12. The molecule has 0 radical (unpaired) electrons. The Kier molecular flexibility index (Phi) is 7.29. The summed E-state index contributed by atoms with van der Waals surface area (Å²) in [7, 11) is 0. The van der Waals surface area contributed by atoms with Crippen LogP contribution in [0.5, 0.6) is 0 Å². The number of nitrogens with one attached hydrogen (secondary N) is 1. The molecule has 0 aliphatic heterocycles. The Morgan fingerprint density at radius 2 is 2.12 bits per heavy atom. The molecule has 5 rings (SSSR count). The molecule has 3 aromatic heterocycles. The van der Waals surface area contributed by atoms with Crippen molar-refractivity contribution in [2.75, 3.05) is 0 Å². The van der Waals surface area contributed by atoms with Gasteiger partial charge >= 0.3 is 0 Å². The van der Waals surface area contributed by atoms with Crippen LogP contribution in [0.3, 0.4) is 0 Å². The number of benzene rings is 1. The summed E-state index contributed by atoms with van der Waals surface area (Å²) >= 11 is 3.04. The number of halogens is 1. The molecule has 1 saturated carbocycles. The Morgan fingerprint density at radius 3 is 2.79 bits per heavy atom. The second-order valence-corrected chi connectivity index (χ2v) is 9.89. The van der Waals surface area contributed by atoms with Gasteiger partial charge in [0.15, 0.2) is 5.43 Å². The van der Waals surface area contributed by atoms with Crippen LogP contribution in [-0.2, 0) is 5.75 Å². The number of thiazole rings is 1. The van der Waals surface area contributed by atoms with Gasteiger partial charge in [-0.3, -0.25) is 4.79 Å². The van der Waals surface area contributed by atoms with Crippen molar-refractivity contribution >= 4 is 34.0 Å². The first-order valence-electron chi connectivity index (χ1n) is 11.4. The SMILES string of the molecule is CC.CCC(C)c1csc(CSc2cc3c(cc2F)c(=O)c(-c2cn[nH]n2)cn3C2CC2)n1. The molecule has 0 amide bonds. The molecule has 1 unspecified atom stereocenters. The monoisotopic (exact) mass is 485 g/mol. The van der Waals surface area contributed by atoms with Crippen LogP contribution >= 0.6 is 23.1 Å². The van der Waals surface area contributed by atoms with Gasteiger partial charge in [0.2, 0.25) is 0 Å². The van der Waals surface area contributed by atoms with Gasteiger partial charge in [0.1, 0.15) is 16.5 Å². The van der Waals surface area contributed by atoms with Crippen LogP contribution in [0.4, 0.5) is 4.39 Å². The van der Waals surface area contributed by atoms with Crippen LogP contribution in [0.2, 0.25) is 0 Å². The predicted octanol–water partition coefficient (Wildman–Crippen LogP) is 6.55. The molecular formula is C24H28FN5OS2. The van der Waals surface area contributed by atoms with Crippen molar-refractivity contribution in [1.29, 1.82) is 0 Å². The topological polar surface area (TPSA) is 76.5 Å². The smallest absolute Gasteiger partial charge is 0.199 e. The van der Waals surface area contributed by atoms with E-state index in [9.17, 15) is 9.18 Å². The van der Waals surface area contributed by atoms with E-state index in [1.807, 2.05) is 26.1 Å². The van der Waals surface area contributed by atoms with E-state index >= 15 is 0 Å². The van der Waals surface area contributed by atoms with Gasteiger partial charge in [0.25, 0.3) is 0 Å². The highest BCUT2D eigenvalue weighted by Crippen LogP contribution is 2.39. The van der Waals surface area contributed by atoms with Crippen molar-refractivity contribution in [2.24, 2.45) is 0 Å². The lowest BCUT2D eigenvalue weighted by Gasteiger charge is -2.14. The second-order valence-electron chi connectivity index (χ2n) is 7.93. The fraction of sp³-hybridized carbons (Fsp3) is 0.417. The van der Waals surface area contributed by atoms with E-state index < -0.39 is 0 Å². The predicted molar refractivity (Wildman–Crippen MR) is 134 cm³/mol. The van der Waals surface area contributed by atoms with E-state index in [1.54, 1.807) is 11.3 Å².